The van der Waals surface area contributed by atoms with Crippen LogP contribution >= 0.6 is 0 Å². The summed E-state index contributed by atoms with van der Waals surface area (Å²) in [5, 5.41) is 9.45. The number of benzene rings is 1. The van der Waals surface area contributed by atoms with E-state index >= 15 is 0 Å². The Labute approximate surface area is 86.1 Å². The number of hydrogen-bond donors (Lipinski definition) is 1. The van der Waals surface area contributed by atoms with Gasteiger partial charge in [-0.15, -0.1) is 0 Å². The van der Waals surface area contributed by atoms with E-state index in [1.807, 2.05) is 52.0 Å². The summed E-state index contributed by atoms with van der Waals surface area (Å²) in [6.07, 6.45) is 0. The molecule has 1 aromatic carbocycles. The molecule has 0 heterocycles. The predicted molar refractivity (Wildman–Crippen MR) is 59.5 cm³/mol. The van der Waals surface area contributed by atoms with E-state index in [-0.39, 0.29) is 5.31 Å². The molecule has 3 heteroatoms. The lowest BCUT2D eigenvalue weighted by Crippen LogP contribution is -2.32. The van der Waals surface area contributed by atoms with E-state index in [9.17, 15) is 5.02 Å². The van der Waals surface area contributed by atoms with Gasteiger partial charge in [0.05, 0.1) is 0 Å². The zero-order valence-electron chi connectivity index (χ0n) is 9.24. The Morgan fingerprint density at radius 1 is 1.29 bits per heavy atom. The summed E-state index contributed by atoms with van der Waals surface area (Å²) >= 11 is 0. The summed E-state index contributed by atoms with van der Waals surface area (Å²) in [5.74, 6) is 0.715. The average molecular weight is 192 g/mol. The van der Waals surface area contributed by atoms with E-state index in [0.717, 1.165) is 5.56 Å². The molecule has 2 nitrogen and oxygen atoms in total. The average Bonchev–Trinajstić information content (AvgIpc) is 2.02. The number of aryl methyl sites for hydroxylation is 1. The van der Waals surface area contributed by atoms with Crippen LogP contribution in [0.15, 0.2) is 24.3 Å². The summed E-state index contributed by atoms with van der Waals surface area (Å²) in [5.41, 5.74) is 1.13. The molecule has 0 atom stereocenters. The lowest BCUT2D eigenvalue weighted by Gasteiger charge is -2.21. The molecular formula is C11H17BO2. The Kier molecular flexibility index (Phi) is 3.22. The third-order valence-electron chi connectivity index (χ3n) is 1.98. The van der Waals surface area contributed by atoms with Crippen LogP contribution in [0.3, 0.4) is 0 Å². The molecule has 0 bridgehead atoms. The molecule has 0 saturated heterocycles. The van der Waals surface area contributed by atoms with Gasteiger partial charge in [0.15, 0.2) is 0 Å². The van der Waals surface area contributed by atoms with Gasteiger partial charge in [-0.25, -0.2) is 0 Å². The SMILES string of the molecule is Cc1cccc(OB(O)C(C)(C)C)c1. The molecule has 0 amide bonds. The maximum atomic E-state index is 9.71. The van der Waals surface area contributed by atoms with Crippen molar-refractivity contribution in [2.75, 3.05) is 0 Å². The van der Waals surface area contributed by atoms with Gasteiger partial charge in [0.2, 0.25) is 0 Å². The Bertz CT molecular complexity index is 304. The van der Waals surface area contributed by atoms with Gasteiger partial charge >= 0.3 is 7.12 Å². The van der Waals surface area contributed by atoms with Crippen molar-refractivity contribution in [3.8, 4) is 5.75 Å². The van der Waals surface area contributed by atoms with Crippen molar-refractivity contribution in [1.82, 2.24) is 0 Å². The Morgan fingerprint density at radius 2 is 1.93 bits per heavy atom. The molecule has 0 unspecified atom stereocenters. The van der Waals surface area contributed by atoms with Crippen molar-refractivity contribution in [1.29, 1.82) is 0 Å². The normalized spacial score (nSPS) is 11.2. The molecule has 0 saturated carbocycles. The zero-order valence-corrected chi connectivity index (χ0v) is 9.24. The van der Waals surface area contributed by atoms with Crippen LogP contribution in [0.25, 0.3) is 0 Å². The predicted octanol–water partition coefficient (Wildman–Crippen LogP) is 2.65. The second-order valence-corrected chi connectivity index (χ2v) is 4.65. The van der Waals surface area contributed by atoms with Crippen LogP contribution in [0.4, 0.5) is 0 Å². The quantitative estimate of drug-likeness (QED) is 0.729. The minimum Gasteiger partial charge on any atom is -0.536 e. The van der Waals surface area contributed by atoms with Crippen molar-refractivity contribution >= 4 is 7.12 Å². The highest BCUT2D eigenvalue weighted by Crippen LogP contribution is 2.27. The topological polar surface area (TPSA) is 29.5 Å². The van der Waals surface area contributed by atoms with Gasteiger partial charge in [-0.2, -0.15) is 0 Å². The van der Waals surface area contributed by atoms with Gasteiger partial charge in [0, 0.05) is 5.31 Å². The van der Waals surface area contributed by atoms with E-state index in [4.69, 9.17) is 4.65 Å². The van der Waals surface area contributed by atoms with Gasteiger partial charge in [-0.1, -0.05) is 32.9 Å². The van der Waals surface area contributed by atoms with Crippen molar-refractivity contribution in [3.05, 3.63) is 29.8 Å². The van der Waals surface area contributed by atoms with Gasteiger partial charge < -0.3 is 9.68 Å². The maximum Gasteiger partial charge on any atom is 0.528 e. The number of rotatable bonds is 2. The van der Waals surface area contributed by atoms with E-state index in [0.29, 0.717) is 5.75 Å². The van der Waals surface area contributed by atoms with Crippen LogP contribution < -0.4 is 4.65 Å². The minimum atomic E-state index is -0.774. The molecule has 14 heavy (non-hydrogen) atoms. The summed E-state index contributed by atoms with van der Waals surface area (Å²) in [6.45, 7) is 7.81. The van der Waals surface area contributed by atoms with Crippen molar-refractivity contribution in [2.45, 2.75) is 33.0 Å². The first-order valence-electron chi connectivity index (χ1n) is 4.81. The summed E-state index contributed by atoms with van der Waals surface area (Å²) in [4.78, 5) is 0. The van der Waals surface area contributed by atoms with Crippen molar-refractivity contribution in [3.63, 3.8) is 0 Å². The fourth-order valence-electron chi connectivity index (χ4n) is 0.994. The molecule has 0 fully saturated rings. The molecular weight excluding hydrogens is 175 g/mol. The van der Waals surface area contributed by atoms with Gasteiger partial charge in [0.25, 0.3) is 0 Å². The summed E-state index contributed by atoms with van der Waals surface area (Å²) in [7, 11) is -0.774. The largest absolute Gasteiger partial charge is 0.536 e. The monoisotopic (exact) mass is 192 g/mol. The highest BCUT2D eigenvalue weighted by atomic mass is 16.5. The molecule has 76 valence electrons. The molecule has 0 aromatic heterocycles. The lowest BCUT2D eigenvalue weighted by atomic mass is 9.61. The van der Waals surface area contributed by atoms with Crippen LogP contribution in [0.2, 0.25) is 5.31 Å². The molecule has 1 N–H and O–H groups in total. The zero-order chi connectivity index (χ0) is 10.8. The highest BCUT2D eigenvalue weighted by molar-refractivity contribution is 6.47. The standard InChI is InChI=1S/C11H17BO2/c1-9-6-5-7-10(8-9)14-12(13)11(2,3)4/h5-8,13H,1-4H3. The third-order valence-corrected chi connectivity index (χ3v) is 1.98. The molecule has 0 aliphatic heterocycles. The molecule has 1 rings (SSSR count). The smallest absolute Gasteiger partial charge is 0.528 e. The Hall–Kier alpha value is -0.955. The van der Waals surface area contributed by atoms with E-state index in [1.165, 1.54) is 0 Å². The van der Waals surface area contributed by atoms with Crippen molar-refractivity contribution < 1.29 is 9.68 Å². The molecule has 0 aliphatic carbocycles. The van der Waals surface area contributed by atoms with Crippen LogP contribution in [-0.4, -0.2) is 12.1 Å². The summed E-state index contributed by atoms with van der Waals surface area (Å²) in [6, 6.07) is 7.67. The van der Waals surface area contributed by atoms with Crippen LogP contribution in [0.1, 0.15) is 26.3 Å². The van der Waals surface area contributed by atoms with Crippen LogP contribution in [0.5, 0.6) is 5.75 Å². The Morgan fingerprint density at radius 3 is 2.43 bits per heavy atom. The summed E-state index contributed by atoms with van der Waals surface area (Å²) < 4.78 is 5.42. The van der Waals surface area contributed by atoms with E-state index in [2.05, 4.69) is 0 Å². The molecule has 1 aromatic rings. The molecule has 0 aliphatic rings. The van der Waals surface area contributed by atoms with Gasteiger partial charge in [0.1, 0.15) is 5.75 Å². The second kappa shape index (κ2) is 4.05. The van der Waals surface area contributed by atoms with Crippen LogP contribution in [-0.2, 0) is 0 Å². The Balaban J connectivity index is 2.70. The molecule has 0 spiro atoms. The first-order chi connectivity index (χ1) is 6.39. The number of hydrogen-bond acceptors (Lipinski definition) is 2. The van der Waals surface area contributed by atoms with Gasteiger partial charge in [-0.3, -0.25) is 0 Å². The maximum absolute atomic E-state index is 9.71. The van der Waals surface area contributed by atoms with E-state index < -0.39 is 7.12 Å². The lowest BCUT2D eigenvalue weighted by molar-refractivity contribution is 0.370. The third kappa shape index (κ3) is 3.07. The second-order valence-electron chi connectivity index (χ2n) is 4.65. The fraction of sp³-hybridized carbons (Fsp3) is 0.455. The van der Waals surface area contributed by atoms with Crippen molar-refractivity contribution in [2.24, 2.45) is 0 Å². The van der Waals surface area contributed by atoms with E-state index in [1.54, 1.807) is 0 Å². The first-order valence-corrected chi connectivity index (χ1v) is 4.81. The molecule has 0 radical (unpaired) electrons. The van der Waals surface area contributed by atoms with Gasteiger partial charge in [-0.05, 0) is 24.6 Å². The fourth-order valence-corrected chi connectivity index (χ4v) is 0.994. The van der Waals surface area contributed by atoms with Crippen LogP contribution in [0, 0.1) is 6.92 Å². The highest BCUT2D eigenvalue weighted by Gasteiger charge is 2.32. The minimum absolute atomic E-state index is 0.260. The first kappa shape index (κ1) is 11.1.